The number of hydrogen-bond acceptors (Lipinski definition) is 4. The van der Waals surface area contributed by atoms with Gasteiger partial charge in [-0.05, 0) is 42.0 Å². The highest BCUT2D eigenvalue weighted by molar-refractivity contribution is 6.00. The van der Waals surface area contributed by atoms with Crippen molar-refractivity contribution in [2.75, 3.05) is 17.2 Å². The molecule has 0 radical (unpaired) electrons. The van der Waals surface area contributed by atoms with Gasteiger partial charge in [0, 0.05) is 30.2 Å². The minimum absolute atomic E-state index is 0.0523. The molecule has 0 spiro atoms. The monoisotopic (exact) mass is 397 g/mol. The Kier molecular flexibility index (Phi) is 6.20. The summed E-state index contributed by atoms with van der Waals surface area (Å²) in [6.07, 6.45) is 2.09. The van der Waals surface area contributed by atoms with E-state index in [1.165, 1.54) is 0 Å². The molecule has 4 aromatic rings. The third-order valence-electron chi connectivity index (χ3n) is 4.69. The number of benzene rings is 3. The van der Waals surface area contributed by atoms with Gasteiger partial charge in [0.05, 0.1) is 11.2 Å². The fraction of sp³-hybridized carbons (Fsp3) is 0.120. The van der Waals surface area contributed by atoms with Crippen LogP contribution in [0.2, 0.25) is 0 Å². The lowest BCUT2D eigenvalue weighted by Crippen LogP contribution is -2.16. The standard InChI is InChI=1S/C25H23N3O2/c29-24(28-23-10-4-8-20-9-5-16-27-25(20)23)15-17-26-21-11-13-22(14-12-21)30-18-19-6-2-1-3-7-19/h1-14,16,26H,15,17-18H2,(H,28,29). The van der Waals surface area contributed by atoms with Crippen LogP contribution in [0.15, 0.2) is 91.1 Å². The zero-order valence-corrected chi connectivity index (χ0v) is 16.5. The molecular weight excluding hydrogens is 374 g/mol. The van der Waals surface area contributed by atoms with E-state index in [9.17, 15) is 4.79 Å². The van der Waals surface area contributed by atoms with Crippen LogP contribution in [-0.4, -0.2) is 17.4 Å². The number of anilines is 2. The molecule has 0 fully saturated rings. The molecule has 0 atom stereocenters. The molecule has 5 heteroatoms. The number of rotatable bonds is 8. The first kappa shape index (κ1) is 19.5. The second-order valence-corrected chi connectivity index (χ2v) is 6.90. The second-order valence-electron chi connectivity index (χ2n) is 6.90. The van der Waals surface area contributed by atoms with E-state index in [0.29, 0.717) is 19.6 Å². The summed E-state index contributed by atoms with van der Waals surface area (Å²) in [5.41, 5.74) is 3.61. The number of fused-ring (bicyclic) bond motifs is 1. The molecule has 0 saturated carbocycles. The maximum Gasteiger partial charge on any atom is 0.226 e. The topological polar surface area (TPSA) is 63.2 Å². The Balaban J connectivity index is 1.24. The van der Waals surface area contributed by atoms with Gasteiger partial charge in [0.25, 0.3) is 0 Å². The Labute approximate surface area is 175 Å². The van der Waals surface area contributed by atoms with Crippen LogP contribution in [0.4, 0.5) is 11.4 Å². The number of carbonyl (C=O) groups is 1. The first-order valence-electron chi connectivity index (χ1n) is 9.92. The zero-order chi connectivity index (χ0) is 20.6. The number of ether oxygens (including phenoxy) is 1. The molecule has 30 heavy (non-hydrogen) atoms. The van der Waals surface area contributed by atoms with Gasteiger partial charge >= 0.3 is 0 Å². The van der Waals surface area contributed by atoms with Crippen molar-refractivity contribution in [3.8, 4) is 5.75 Å². The maximum atomic E-state index is 12.3. The highest BCUT2D eigenvalue weighted by Crippen LogP contribution is 2.21. The Bertz CT molecular complexity index is 1110. The largest absolute Gasteiger partial charge is 0.489 e. The van der Waals surface area contributed by atoms with Gasteiger partial charge in [-0.15, -0.1) is 0 Å². The summed E-state index contributed by atoms with van der Waals surface area (Å²) in [6, 6.07) is 27.4. The van der Waals surface area contributed by atoms with Gasteiger partial charge in [-0.25, -0.2) is 0 Å². The predicted molar refractivity (Wildman–Crippen MR) is 121 cm³/mol. The second kappa shape index (κ2) is 9.56. The van der Waals surface area contributed by atoms with Crippen molar-refractivity contribution in [2.24, 2.45) is 0 Å². The van der Waals surface area contributed by atoms with Crippen molar-refractivity contribution in [3.63, 3.8) is 0 Å². The molecule has 4 rings (SSSR count). The van der Waals surface area contributed by atoms with Crippen LogP contribution in [0.1, 0.15) is 12.0 Å². The summed E-state index contributed by atoms with van der Waals surface area (Å²) < 4.78 is 5.79. The van der Waals surface area contributed by atoms with E-state index in [4.69, 9.17) is 4.74 Å². The Hall–Kier alpha value is -3.86. The van der Waals surface area contributed by atoms with Crippen LogP contribution >= 0.6 is 0 Å². The van der Waals surface area contributed by atoms with E-state index < -0.39 is 0 Å². The molecule has 2 N–H and O–H groups in total. The fourth-order valence-corrected chi connectivity index (χ4v) is 3.15. The molecule has 0 aliphatic heterocycles. The maximum absolute atomic E-state index is 12.3. The van der Waals surface area contributed by atoms with Crippen molar-refractivity contribution < 1.29 is 9.53 Å². The third-order valence-corrected chi connectivity index (χ3v) is 4.69. The number of para-hydroxylation sites is 1. The predicted octanol–water partition coefficient (Wildman–Crippen LogP) is 5.25. The van der Waals surface area contributed by atoms with E-state index in [-0.39, 0.29) is 5.91 Å². The number of carbonyl (C=O) groups excluding carboxylic acids is 1. The van der Waals surface area contributed by atoms with E-state index in [1.54, 1.807) is 6.20 Å². The first-order chi connectivity index (χ1) is 14.8. The molecule has 3 aromatic carbocycles. The number of nitrogens with one attached hydrogen (secondary N) is 2. The summed E-state index contributed by atoms with van der Waals surface area (Å²) >= 11 is 0. The van der Waals surface area contributed by atoms with Crippen molar-refractivity contribution in [1.29, 1.82) is 0 Å². The molecule has 5 nitrogen and oxygen atoms in total. The third kappa shape index (κ3) is 5.14. The molecule has 1 amide bonds. The number of pyridine rings is 1. The lowest BCUT2D eigenvalue weighted by atomic mass is 10.2. The SMILES string of the molecule is O=C(CCNc1ccc(OCc2ccccc2)cc1)Nc1cccc2cccnc12. The highest BCUT2D eigenvalue weighted by atomic mass is 16.5. The normalized spacial score (nSPS) is 10.5. The zero-order valence-electron chi connectivity index (χ0n) is 16.5. The van der Waals surface area contributed by atoms with Gasteiger partial charge in [0.1, 0.15) is 12.4 Å². The van der Waals surface area contributed by atoms with Gasteiger partial charge < -0.3 is 15.4 Å². The summed E-state index contributed by atoms with van der Waals surface area (Å²) in [5, 5.41) is 7.22. The van der Waals surface area contributed by atoms with E-state index in [1.807, 2.05) is 84.9 Å². The smallest absolute Gasteiger partial charge is 0.226 e. The van der Waals surface area contributed by atoms with Gasteiger partial charge in [-0.1, -0.05) is 48.5 Å². The molecule has 1 aromatic heterocycles. The molecule has 0 unspecified atom stereocenters. The van der Waals surface area contributed by atoms with Gasteiger partial charge in [-0.3, -0.25) is 9.78 Å². The van der Waals surface area contributed by atoms with Gasteiger partial charge in [0.2, 0.25) is 5.91 Å². The summed E-state index contributed by atoms with van der Waals surface area (Å²) in [6.45, 7) is 1.07. The van der Waals surface area contributed by atoms with Crippen LogP contribution in [0.25, 0.3) is 10.9 Å². The number of amides is 1. The average molecular weight is 397 g/mol. The molecule has 0 bridgehead atoms. The highest BCUT2D eigenvalue weighted by Gasteiger charge is 2.06. The van der Waals surface area contributed by atoms with E-state index in [2.05, 4.69) is 15.6 Å². The molecule has 1 heterocycles. The van der Waals surface area contributed by atoms with Crippen molar-refractivity contribution in [3.05, 3.63) is 96.7 Å². The lowest BCUT2D eigenvalue weighted by Gasteiger charge is -2.10. The van der Waals surface area contributed by atoms with Crippen LogP contribution in [-0.2, 0) is 11.4 Å². The number of hydrogen-bond donors (Lipinski definition) is 2. The van der Waals surface area contributed by atoms with E-state index in [0.717, 1.165) is 33.6 Å². The molecule has 0 aliphatic carbocycles. The van der Waals surface area contributed by atoms with Crippen LogP contribution in [0, 0.1) is 0 Å². The van der Waals surface area contributed by atoms with E-state index >= 15 is 0 Å². The van der Waals surface area contributed by atoms with Crippen molar-refractivity contribution in [2.45, 2.75) is 13.0 Å². The Morgan fingerprint density at radius 2 is 1.67 bits per heavy atom. The number of aromatic nitrogens is 1. The van der Waals surface area contributed by atoms with Crippen LogP contribution in [0.3, 0.4) is 0 Å². The summed E-state index contributed by atoms with van der Waals surface area (Å²) in [7, 11) is 0. The number of nitrogens with zero attached hydrogens (tertiary/aromatic N) is 1. The van der Waals surface area contributed by atoms with Crippen molar-refractivity contribution >= 4 is 28.2 Å². The Morgan fingerprint density at radius 1 is 0.867 bits per heavy atom. The average Bonchev–Trinajstić information content (AvgIpc) is 2.79. The quantitative estimate of drug-likeness (QED) is 0.426. The molecule has 0 saturated heterocycles. The molecular formula is C25H23N3O2. The fourth-order valence-electron chi connectivity index (χ4n) is 3.15. The van der Waals surface area contributed by atoms with Gasteiger partial charge in [-0.2, -0.15) is 0 Å². The van der Waals surface area contributed by atoms with Crippen molar-refractivity contribution in [1.82, 2.24) is 4.98 Å². The van der Waals surface area contributed by atoms with Gasteiger partial charge in [0.15, 0.2) is 0 Å². The first-order valence-corrected chi connectivity index (χ1v) is 9.92. The molecule has 0 aliphatic rings. The lowest BCUT2D eigenvalue weighted by molar-refractivity contribution is -0.115. The van der Waals surface area contributed by atoms with Crippen LogP contribution in [0.5, 0.6) is 5.75 Å². The summed E-state index contributed by atoms with van der Waals surface area (Å²) in [5.74, 6) is 0.758. The Morgan fingerprint density at radius 3 is 2.50 bits per heavy atom. The van der Waals surface area contributed by atoms with Crippen LogP contribution < -0.4 is 15.4 Å². The minimum atomic E-state index is -0.0523. The minimum Gasteiger partial charge on any atom is -0.489 e. The summed E-state index contributed by atoms with van der Waals surface area (Å²) in [4.78, 5) is 16.7. The molecule has 150 valence electrons.